The van der Waals surface area contributed by atoms with Gasteiger partial charge in [0.05, 0.1) is 7.11 Å². The Bertz CT molecular complexity index is 552. The molecule has 0 spiro atoms. The third kappa shape index (κ3) is 3.67. The van der Waals surface area contributed by atoms with Crippen LogP contribution in [-0.4, -0.2) is 23.2 Å². The lowest BCUT2D eigenvalue weighted by atomic mass is 10.3. The van der Waals surface area contributed by atoms with Gasteiger partial charge in [-0.25, -0.2) is 0 Å². The maximum Gasteiger partial charge on any atom is 0.222 e. The van der Waals surface area contributed by atoms with Gasteiger partial charge in [0.15, 0.2) is 11.6 Å². The molecule has 0 atom stereocenters. The van der Waals surface area contributed by atoms with Crippen molar-refractivity contribution in [3.8, 4) is 5.75 Å². The topological polar surface area (TPSA) is 76.1 Å². The highest BCUT2D eigenvalue weighted by Gasteiger charge is 2.00. The molecule has 1 aromatic heterocycles. The predicted octanol–water partition coefficient (Wildman–Crippen LogP) is 2.19. The highest BCUT2D eigenvalue weighted by molar-refractivity contribution is 5.87. The van der Waals surface area contributed by atoms with Gasteiger partial charge < -0.3 is 15.4 Å². The van der Waals surface area contributed by atoms with Crippen molar-refractivity contribution in [2.24, 2.45) is 0 Å². The molecule has 0 saturated carbocycles. The summed E-state index contributed by atoms with van der Waals surface area (Å²) in [6.07, 6.45) is 0. The number of benzene rings is 1. The summed E-state index contributed by atoms with van der Waals surface area (Å²) >= 11 is 0. The lowest BCUT2D eigenvalue weighted by Gasteiger charge is -2.06. The van der Waals surface area contributed by atoms with Gasteiger partial charge in [-0.05, 0) is 36.4 Å². The zero-order valence-electron chi connectivity index (χ0n) is 10.7. The summed E-state index contributed by atoms with van der Waals surface area (Å²) in [6.45, 7) is 1.42. The number of aromatic nitrogens is 2. The third-order valence-electron chi connectivity index (χ3n) is 2.33. The van der Waals surface area contributed by atoms with Crippen LogP contribution in [0.25, 0.3) is 0 Å². The van der Waals surface area contributed by atoms with Crippen molar-refractivity contribution in [1.29, 1.82) is 0 Å². The van der Waals surface area contributed by atoms with E-state index in [0.717, 1.165) is 11.4 Å². The molecule has 1 heterocycles. The summed E-state index contributed by atoms with van der Waals surface area (Å²) in [7, 11) is 1.62. The lowest BCUT2D eigenvalue weighted by Crippen LogP contribution is -2.08. The summed E-state index contributed by atoms with van der Waals surface area (Å²) in [6, 6.07) is 10.9. The zero-order chi connectivity index (χ0) is 13.7. The molecular weight excluding hydrogens is 244 g/mol. The average molecular weight is 258 g/mol. The van der Waals surface area contributed by atoms with E-state index in [0.29, 0.717) is 11.6 Å². The predicted molar refractivity (Wildman–Crippen MR) is 72.6 cm³/mol. The number of rotatable bonds is 4. The normalized spacial score (nSPS) is 9.79. The van der Waals surface area contributed by atoms with Crippen LogP contribution in [0.1, 0.15) is 6.92 Å². The van der Waals surface area contributed by atoms with Crippen molar-refractivity contribution in [1.82, 2.24) is 10.2 Å². The van der Waals surface area contributed by atoms with Crippen LogP contribution in [0, 0.1) is 0 Å². The second kappa shape index (κ2) is 5.81. The van der Waals surface area contributed by atoms with Crippen LogP contribution in [0.5, 0.6) is 5.75 Å². The minimum atomic E-state index is -0.176. The molecule has 19 heavy (non-hydrogen) atoms. The van der Waals surface area contributed by atoms with E-state index in [4.69, 9.17) is 4.74 Å². The lowest BCUT2D eigenvalue weighted by molar-refractivity contribution is -0.114. The Morgan fingerprint density at radius 2 is 1.68 bits per heavy atom. The Morgan fingerprint density at radius 1 is 1.05 bits per heavy atom. The Balaban J connectivity index is 2.04. The smallest absolute Gasteiger partial charge is 0.222 e. The number of hydrogen-bond donors (Lipinski definition) is 2. The highest BCUT2D eigenvalue weighted by atomic mass is 16.5. The van der Waals surface area contributed by atoms with Crippen molar-refractivity contribution < 1.29 is 9.53 Å². The number of ether oxygens (including phenoxy) is 1. The molecular formula is C13H14N4O2. The number of anilines is 3. The van der Waals surface area contributed by atoms with E-state index >= 15 is 0 Å². The highest BCUT2D eigenvalue weighted by Crippen LogP contribution is 2.18. The maximum absolute atomic E-state index is 10.8. The monoisotopic (exact) mass is 258 g/mol. The van der Waals surface area contributed by atoms with Gasteiger partial charge in [-0.3, -0.25) is 4.79 Å². The van der Waals surface area contributed by atoms with Gasteiger partial charge >= 0.3 is 0 Å². The van der Waals surface area contributed by atoms with Gasteiger partial charge in [-0.15, -0.1) is 10.2 Å². The first-order valence-corrected chi connectivity index (χ1v) is 5.70. The third-order valence-corrected chi connectivity index (χ3v) is 2.33. The van der Waals surface area contributed by atoms with Gasteiger partial charge in [-0.2, -0.15) is 0 Å². The van der Waals surface area contributed by atoms with Crippen molar-refractivity contribution >= 4 is 23.2 Å². The van der Waals surface area contributed by atoms with E-state index in [1.165, 1.54) is 6.92 Å². The Labute approximate surface area is 110 Å². The largest absolute Gasteiger partial charge is 0.497 e. The Hall–Kier alpha value is -2.63. The summed E-state index contributed by atoms with van der Waals surface area (Å²) < 4.78 is 5.08. The van der Waals surface area contributed by atoms with E-state index in [9.17, 15) is 4.79 Å². The zero-order valence-corrected chi connectivity index (χ0v) is 10.7. The van der Waals surface area contributed by atoms with Crippen molar-refractivity contribution in [3.63, 3.8) is 0 Å². The molecule has 2 N–H and O–H groups in total. The van der Waals surface area contributed by atoms with E-state index in [1.807, 2.05) is 24.3 Å². The Morgan fingerprint density at radius 3 is 2.21 bits per heavy atom. The van der Waals surface area contributed by atoms with E-state index in [-0.39, 0.29) is 5.91 Å². The van der Waals surface area contributed by atoms with Crippen LogP contribution in [0.2, 0.25) is 0 Å². The molecule has 0 saturated heterocycles. The SMILES string of the molecule is COc1ccc(Nc2ccc(NC(C)=O)nn2)cc1. The van der Waals surface area contributed by atoms with Gasteiger partial charge in [0.2, 0.25) is 5.91 Å². The van der Waals surface area contributed by atoms with Crippen LogP contribution in [0.4, 0.5) is 17.3 Å². The molecule has 6 nitrogen and oxygen atoms in total. The van der Waals surface area contributed by atoms with Crippen LogP contribution in [-0.2, 0) is 4.79 Å². The van der Waals surface area contributed by atoms with Crippen molar-refractivity contribution in [3.05, 3.63) is 36.4 Å². The number of carbonyl (C=O) groups is 1. The fraction of sp³-hybridized carbons (Fsp3) is 0.154. The molecule has 2 rings (SSSR count). The van der Waals surface area contributed by atoms with E-state index < -0.39 is 0 Å². The molecule has 1 amide bonds. The summed E-state index contributed by atoms with van der Waals surface area (Å²) in [5, 5.41) is 13.5. The Kier molecular flexibility index (Phi) is 3.92. The van der Waals surface area contributed by atoms with Gasteiger partial charge in [0.1, 0.15) is 5.75 Å². The number of methoxy groups -OCH3 is 1. The average Bonchev–Trinajstić information content (AvgIpc) is 2.41. The number of amides is 1. The molecule has 98 valence electrons. The molecule has 0 unspecified atom stereocenters. The first-order chi connectivity index (χ1) is 9.17. The quantitative estimate of drug-likeness (QED) is 0.879. The van der Waals surface area contributed by atoms with E-state index in [1.54, 1.807) is 19.2 Å². The second-order valence-electron chi connectivity index (χ2n) is 3.84. The summed E-state index contributed by atoms with van der Waals surface area (Å²) in [4.78, 5) is 10.8. The van der Waals surface area contributed by atoms with Crippen LogP contribution in [0.3, 0.4) is 0 Å². The number of nitrogens with zero attached hydrogens (tertiary/aromatic N) is 2. The fourth-order valence-corrected chi connectivity index (χ4v) is 1.47. The molecule has 0 aliphatic rings. The molecule has 6 heteroatoms. The summed E-state index contributed by atoms with van der Waals surface area (Å²) in [5.74, 6) is 1.63. The maximum atomic E-state index is 10.8. The second-order valence-corrected chi connectivity index (χ2v) is 3.84. The first kappa shape index (κ1) is 12.8. The molecule has 0 fully saturated rings. The molecule has 0 aliphatic heterocycles. The van der Waals surface area contributed by atoms with E-state index in [2.05, 4.69) is 20.8 Å². The van der Waals surface area contributed by atoms with Crippen LogP contribution < -0.4 is 15.4 Å². The molecule has 2 aromatic rings. The van der Waals surface area contributed by atoms with Crippen LogP contribution in [0.15, 0.2) is 36.4 Å². The number of carbonyl (C=O) groups excluding carboxylic acids is 1. The molecule has 0 aliphatic carbocycles. The number of hydrogen-bond acceptors (Lipinski definition) is 5. The van der Waals surface area contributed by atoms with Crippen LogP contribution >= 0.6 is 0 Å². The molecule has 1 aromatic carbocycles. The van der Waals surface area contributed by atoms with Gasteiger partial charge in [0, 0.05) is 12.6 Å². The first-order valence-electron chi connectivity index (χ1n) is 5.70. The minimum absolute atomic E-state index is 0.176. The summed E-state index contributed by atoms with van der Waals surface area (Å²) in [5.41, 5.74) is 0.877. The van der Waals surface area contributed by atoms with Crippen molar-refractivity contribution in [2.75, 3.05) is 17.7 Å². The van der Waals surface area contributed by atoms with Gasteiger partial charge in [-0.1, -0.05) is 0 Å². The molecule has 0 radical (unpaired) electrons. The minimum Gasteiger partial charge on any atom is -0.497 e. The molecule has 0 bridgehead atoms. The fourth-order valence-electron chi connectivity index (χ4n) is 1.47. The van der Waals surface area contributed by atoms with Gasteiger partial charge in [0.25, 0.3) is 0 Å². The number of nitrogens with one attached hydrogen (secondary N) is 2. The standard InChI is InChI=1S/C13H14N4O2/c1-9(18)14-12-7-8-13(17-16-12)15-10-3-5-11(19-2)6-4-10/h3-8H,1-2H3,(H,15,17)(H,14,16,18). The van der Waals surface area contributed by atoms with Crippen molar-refractivity contribution in [2.45, 2.75) is 6.92 Å².